The number of carbonyl (C=O) groups is 3. The highest BCUT2D eigenvalue weighted by molar-refractivity contribution is 8.01. The Labute approximate surface area is 121 Å². The molecule has 0 aliphatic carbocycles. The molecule has 106 valence electrons. The van der Waals surface area contributed by atoms with Gasteiger partial charge in [0, 0.05) is 5.69 Å². The van der Waals surface area contributed by atoms with Crippen LogP contribution in [0.3, 0.4) is 0 Å². The molecular formula is C14H16N2O3S. The van der Waals surface area contributed by atoms with E-state index < -0.39 is 0 Å². The first-order valence-corrected chi connectivity index (χ1v) is 7.34. The van der Waals surface area contributed by atoms with Crippen LogP contribution in [0, 0.1) is 6.92 Å². The number of nitrogens with one attached hydrogen (secondary N) is 1. The SMILES string of the molecule is Cc1ccc(NC(=O)CN2C(=O)CS[C@@H](C)C2=O)cc1. The molecule has 0 radical (unpaired) electrons. The minimum absolute atomic E-state index is 0.226. The first-order chi connectivity index (χ1) is 9.47. The first-order valence-electron chi connectivity index (χ1n) is 6.29. The topological polar surface area (TPSA) is 66.5 Å². The number of carbonyl (C=O) groups excluding carboxylic acids is 3. The summed E-state index contributed by atoms with van der Waals surface area (Å²) < 4.78 is 0. The Hall–Kier alpha value is -1.82. The van der Waals surface area contributed by atoms with Crippen LogP contribution in [0.1, 0.15) is 12.5 Å². The molecule has 0 bridgehead atoms. The Morgan fingerprint density at radius 3 is 2.65 bits per heavy atom. The monoisotopic (exact) mass is 292 g/mol. The van der Waals surface area contributed by atoms with E-state index in [-0.39, 0.29) is 35.3 Å². The number of rotatable bonds is 3. The largest absolute Gasteiger partial charge is 0.325 e. The molecule has 1 heterocycles. The summed E-state index contributed by atoms with van der Waals surface area (Å²) in [5.41, 5.74) is 1.75. The van der Waals surface area contributed by atoms with Gasteiger partial charge in [-0.3, -0.25) is 19.3 Å². The third-order valence-corrected chi connectivity index (χ3v) is 4.12. The van der Waals surface area contributed by atoms with Crippen molar-refractivity contribution in [2.45, 2.75) is 19.1 Å². The second-order valence-electron chi connectivity index (χ2n) is 4.69. The second kappa shape index (κ2) is 6.09. The van der Waals surface area contributed by atoms with Gasteiger partial charge < -0.3 is 5.32 Å². The molecule has 5 nitrogen and oxygen atoms in total. The van der Waals surface area contributed by atoms with Gasteiger partial charge in [-0.1, -0.05) is 17.7 Å². The molecule has 2 rings (SSSR count). The third-order valence-electron chi connectivity index (χ3n) is 3.01. The highest BCUT2D eigenvalue weighted by Crippen LogP contribution is 2.20. The van der Waals surface area contributed by atoms with Crippen molar-refractivity contribution in [3.63, 3.8) is 0 Å². The van der Waals surface area contributed by atoms with E-state index in [4.69, 9.17) is 0 Å². The van der Waals surface area contributed by atoms with E-state index in [1.165, 1.54) is 11.8 Å². The Kier molecular flexibility index (Phi) is 4.44. The molecule has 1 aromatic carbocycles. The van der Waals surface area contributed by atoms with E-state index in [0.29, 0.717) is 5.69 Å². The normalized spacial score (nSPS) is 19.1. The minimum atomic E-state index is -0.366. The molecule has 1 aromatic rings. The van der Waals surface area contributed by atoms with Gasteiger partial charge >= 0.3 is 0 Å². The van der Waals surface area contributed by atoms with Crippen molar-refractivity contribution in [3.05, 3.63) is 29.8 Å². The van der Waals surface area contributed by atoms with E-state index in [0.717, 1.165) is 10.5 Å². The van der Waals surface area contributed by atoms with Crippen LogP contribution in [0.25, 0.3) is 0 Å². The van der Waals surface area contributed by atoms with E-state index in [9.17, 15) is 14.4 Å². The summed E-state index contributed by atoms with van der Waals surface area (Å²) in [5, 5.41) is 2.40. The predicted octanol–water partition coefficient (Wildman–Crippen LogP) is 1.42. The van der Waals surface area contributed by atoms with E-state index >= 15 is 0 Å². The number of benzene rings is 1. The molecular weight excluding hydrogens is 276 g/mol. The van der Waals surface area contributed by atoms with Gasteiger partial charge in [0.2, 0.25) is 17.7 Å². The predicted molar refractivity (Wildman–Crippen MR) is 78.4 cm³/mol. The van der Waals surface area contributed by atoms with Gasteiger partial charge in [-0.2, -0.15) is 0 Å². The fraction of sp³-hybridized carbons (Fsp3) is 0.357. The molecule has 0 aromatic heterocycles. The number of imide groups is 1. The van der Waals surface area contributed by atoms with Gasteiger partial charge in [-0.05, 0) is 26.0 Å². The number of anilines is 1. The summed E-state index contributed by atoms with van der Waals surface area (Å²) >= 11 is 1.30. The van der Waals surface area contributed by atoms with Gasteiger partial charge in [-0.15, -0.1) is 11.8 Å². The molecule has 1 aliphatic heterocycles. The van der Waals surface area contributed by atoms with Crippen LogP contribution in [0.5, 0.6) is 0 Å². The summed E-state index contributed by atoms with van der Waals surface area (Å²) in [5.74, 6) is -0.734. The van der Waals surface area contributed by atoms with E-state index in [1.54, 1.807) is 19.1 Å². The summed E-state index contributed by atoms with van der Waals surface area (Å²) in [6, 6.07) is 7.33. The Bertz CT molecular complexity index is 542. The fourth-order valence-electron chi connectivity index (χ4n) is 1.83. The van der Waals surface area contributed by atoms with Crippen molar-refractivity contribution in [2.24, 2.45) is 0 Å². The maximum Gasteiger partial charge on any atom is 0.244 e. The lowest BCUT2D eigenvalue weighted by molar-refractivity contribution is -0.145. The maximum atomic E-state index is 11.9. The fourth-order valence-corrected chi connectivity index (χ4v) is 2.65. The maximum absolute atomic E-state index is 11.9. The van der Waals surface area contributed by atoms with Gasteiger partial charge in [-0.25, -0.2) is 0 Å². The number of hydrogen-bond acceptors (Lipinski definition) is 4. The van der Waals surface area contributed by atoms with Crippen molar-refractivity contribution in [1.29, 1.82) is 0 Å². The van der Waals surface area contributed by atoms with Crippen molar-refractivity contribution in [2.75, 3.05) is 17.6 Å². The highest BCUT2D eigenvalue weighted by Gasteiger charge is 2.33. The van der Waals surface area contributed by atoms with Crippen molar-refractivity contribution >= 4 is 35.2 Å². The van der Waals surface area contributed by atoms with Gasteiger partial charge in [0.15, 0.2) is 0 Å². The van der Waals surface area contributed by atoms with Gasteiger partial charge in [0.25, 0.3) is 0 Å². The lowest BCUT2D eigenvalue weighted by atomic mass is 10.2. The van der Waals surface area contributed by atoms with Gasteiger partial charge in [0.05, 0.1) is 11.0 Å². The molecule has 20 heavy (non-hydrogen) atoms. The van der Waals surface area contributed by atoms with Crippen LogP contribution >= 0.6 is 11.8 Å². The molecule has 0 unspecified atom stereocenters. The standard InChI is InChI=1S/C14H16N2O3S/c1-9-3-5-11(6-4-9)15-12(17)7-16-13(18)8-20-10(2)14(16)19/h3-6,10H,7-8H2,1-2H3,(H,15,17)/t10-/m0/s1. The summed E-state index contributed by atoms with van der Waals surface area (Å²) in [6.07, 6.45) is 0. The number of nitrogens with zero attached hydrogens (tertiary/aromatic N) is 1. The highest BCUT2D eigenvalue weighted by atomic mass is 32.2. The van der Waals surface area contributed by atoms with Crippen LogP contribution in [0.2, 0.25) is 0 Å². The average Bonchev–Trinajstić information content (AvgIpc) is 2.42. The second-order valence-corrected chi connectivity index (χ2v) is 6.01. The summed E-state index contributed by atoms with van der Waals surface area (Å²) in [6.45, 7) is 3.47. The number of thioether (sulfide) groups is 1. The zero-order valence-electron chi connectivity index (χ0n) is 11.4. The van der Waals surface area contributed by atoms with E-state index in [1.807, 2.05) is 19.1 Å². The minimum Gasteiger partial charge on any atom is -0.325 e. The third kappa shape index (κ3) is 3.39. The molecule has 6 heteroatoms. The Balaban J connectivity index is 1.98. The molecule has 1 aliphatic rings. The Morgan fingerprint density at radius 1 is 1.35 bits per heavy atom. The zero-order valence-corrected chi connectivity index (χ0v) is 12.2. The van der Waals surface area contributed by atoms with Crippen LogP contribution in [-0.2, 0) is 14.4 Å². The molecule has 0 saturated carbocycles. The molecule has 1 fully saturated rings. The van der Waals surface area contributed by atoms with Crippen LogP contribution < -0.4 is 5.32 Å². The molecule has 1 saturated heterocycles. The lowest BCUT2D eigenvalue weighted by Gasteiger charge is -2.27. The lowest BCUT2D eigenvalue weighted by Crippen LogP contribution is -2.49. The smallest absolute Gasteiger partial charge is 0.244 e. The van der Waals surface area contributed by atoms with Crippen molar-refractivity contribution in [1.82, 2.24) is 4.90 Å². The number of hydrogen-bond donors (Lipinski definition) is 1. The van der Waals surface area contributed by atoms with Crippen LogP contribution in [0.4, 0.5) is 5.69 Å². The number of aryl methyl sites for hydroxylation is 1. The average molecular weight is 292 g/mol. The quantitative estimate of drug-likeness (QED) is 0.856. The summed E-state index contributed by atoms with van der Waals surface area (Å²) in [7, 11) is 0. The van der Waals surface area contributed by atoms with Crippen LogP contribution in [-0.4, -0.2) is 40.2 Å². The molecule has 0 spiro atoms. The molecule has 1 atom stereocenters. The molecule has 3 amide bonds. The van der Waals surface area contributed by atoms with Crippen molar-refractivity contribution < 1.29 is 14.4 Å². The van der Waals surface area contributed by atoms with Crippen LogP contribution in [0.15, 0.2) is 24.3 Å². The number of amides is 3. The first kappa shape index (κ1) is 14.6. The summed E-state index contributed by atoms with van der Waals surface area (Å²) in [4.78, 5) is 36.5. The Morgan fingerprint density at radius 2 is 2.00 bits per heavy atom. The van der Waals surface area contributed by atoms with E-state index in [2.05, 4.69) is 5.32 Å². The van der Waals surface area contributed by atoms with Crippen molar-refractivity contribution in [3.8, 4) is 0 Å². The van der Waals surface area contributed by atoms with Gasteiger partial charge in [0.1, 0.15) is 6.54 Å². The molecule has 1 N–H and O–H groups in total. The zero-order chi connectivity index (χ0) is 14.7.